The van der Waals surface area contributed by atoms with E-state index in [2.05, 4.69) is 14.0 Å². The van der Waals surface area contributed by atoms with Gasteiger partial charge in [-0.25, -0.2) is 4.57 Å². The van der Waals surface area contributed by atoms with Crippen LogP contribution in [0.5, 0.6) is 11.9 Å². The molecule has 2 heterocycles. The lowest BCUT2D eigenvalue weighted by molar-refractivity contribution is 0.265. The van der Waals surface area contributed by atoms with Crippen molar-refractivity contribution in [1.29, 1.82) is 0 Å². The van der Waals surface area contributed by atoms with E-state index in [1.807, 2.05) is 0 Å². The second-order valence-corrected chi connectivity index (χ2v) is 3.43. The minimum absolute atomic E-state index is 0.0945. The van der Waals surface area contributed by atoms with E-state index in [-0.39, 0.29) is 11.9 Å². The van der Waals surface area contributed by atoms with Gasteiger partial charge in [0.15, 0.2) is 0 Å². The van der Waals surface area contributed by atoms with Gasteiger partial charge in [-0.05, 0) is 0 Å². The van der Waals surface area contributed by atoms with Crippen molar-refractivity contribution >= 4 is 7.82 Å². The quantitative estimate of drug-likeness (QED) is 0.575. The molecule has 0 radical (unpaired) electrons. The first-order chi connectivity index (χ1) is 5.07. The van der Waals surface area contributed by atoms with Crippen molar-refractivity contribution in [2.45, 2.75) is 0 Å². The van der Waals surface area contributed by atoms with Crippen LogP contribution in [0, 0.1) is 0 Å². The molecule has 2 rings (SSSR count). The lowest BCUT2D eigenvalue weighted by Crippen LogP contribution is -2.05. The Labute approximate surface area is 62.0 Å². The maximum absolute atomic E-state index is 10.8. The van der Waals surface area contributed by atoms with Crippen LogP contribution in [0.15, 0.2) is 6.20 Å². The third kappa shape index (κ3) is 1.00. The average Bonchev–Trinajstić information content (AvgIpc) is 2.05. The zero-order valence-corrected chi connectivity index (χ0v) is 6.49. The Morgan fingerprint density at radius 2 is 2.45 bits per heavy atom. The van der Waals surface area contributed by atoms with Gasteiger partial charge < -0.3 is 9.05 Å². The molecule has 7 heteroatoms. The van der Waals surface area contributed by atoms with Crippen molar-refractivity contribution in [3.05, 3.63) is 6.20 Å². The molecule has 1 aromatic rings. The Balaban J connectivity index is 2.52. The molecular formula is C4H5N2O4P. The Hall–Kier alpha value is -1.00. The van der Waals surface area contributed by atoms with Crippen LogP contribution < -0.4 is 9.05 Å². The van der Waals surface area contributed by atoms with Crippen LogP contribution in [-0.4, -0.2) is 14.4 Å². The first kappa shape index (κ1) is 6.69. The molecule has 1 aliphatic rings. The molecule has 1 atom stereocenters. The summed E-state index contributed by atoms with van der Waals surface area (Å²) in [4.78, 5) is 12.5. The number of hydrogen-bond acceptors (Lipinski definition) is 4. The van der Waals surface area contributed by atoms with Gasteiger partial charge in [0.1, 0.15) is 0 Å². The van der Waals surface area contributed by atoms with Gasteiger partial charge in [0.2, 0.25) is 5.88 Å². The van der Waals surface area contributed by atoms with E-state index < -0.39 is 7.82 Å². The van der Waals surface area contributed by atoms with Crippen LogP contribution in [0.2, 0.25) is 0 Å². The Morgan fingerprint density at radius 3 is 3.09 bits per heavy atom. The number of aromatic nitrogens is 2. The Kier molecular flexibility index (Phi) is 1.08. The van der Waals surface area contributed by atoms with E-state index in [4.69, 9.17) is 4.89 Å². The summed E-state index contributed by atoms with van der Waals surface area (Å²) in [5.74, 6) is 0.111. The molecule has 0 fully saturated rings. The molecule has 1 aliphatic heterocycles. The minimum Gasteiger partial charge on any atom is -0.375 e. The van der Waals surface area contributed by atoms with E-state index in [0.717, 1.165) is 0 Å². The van der Waals surface area contributed by atoms with Crippen LogP contribution in [0.25, 0.3) is 0 Å². The van der Waals surface area contributed by atoms with Crippen molar-refractivity contribution in [3.8, 4) is 11.9 Å². The summed E-state index contributed by atoms with van der Waals surface area (Å²) in [5.41, 5.74) is 0. The van der Waals surface area contributed by atoms with E-state index in [1.165, 1.54) is 10.8 Å². The van der Waals surface area contributed by atoms with Gasteiger partial charge >= 0.3 is 13.8 Å². The fourth-order valence-electron chi connectivity index (χ4n) is 0.792. The van der Waals surface area contributed by atoms with E-state index >= 15 is 0 Å². The average molecular weight is 176 g/mol. The number of nitrogens with zero attached hydrogens (tertiary/aromatic N) is 2. The van der Waals surface area contributed by atoms with Gasteiger partial charge in [-0.15, -0.1) is 0 Å². The summed E-state index contributed by atoms with van der Waals surface area (Å²) in [7, 11) is -2.28. The summed E-state index contributed by atoms with van der Waals surface area (Å²) in [6.07, 6.45) is 1.46. The number of fused-ring (bicyclic) bond motifs is 2. The van der Waals surface area contributed by atoms with Gasteiger partial charge in [0.05, 0.1) is 6.20 Å². The van der Waals surface area contributed by atoms with Gasteiger partial charge in [0, 0.05) is 7.05 Å². The SMILES string of the molecule is Cn1cc2nc1OP(=O)(O)O2. The van der Waals surface area contributed by atoms with Crippen LogP contribution in [0.4, 0.5) is 0 Å². The molecule has 11 heavy (non-hydrogen) atoms. The second-order valence-electron chi connectivity index (χ2n) is 2.12. The van der Waals surface area contributed by atoms with Crippen LogP contribution in [0.3, 0.4) is 0 Å². The summed E-state index contributed by atoms with van der Waals surface area (Å²) in [6, 6.07) is 0.0945. The highest BCUT2D eigenvalue weighted by molar-refractivity contribution is 7.48. The molecule has 2 bridgehead atoms. The van der Waals surface area contributed by atoms with Gasteiger partial charge in [-0.3, -0.25) is 9.46 Å². The normalized spacial score (nSPS) is 27.5. The third-order valence-corrected chi connectivity index (χ3v) is 2.03. The lowest BCUT2D eigenvalue weighted by Gasteiger charge is -2.12. The van der Waals surface area contributed by atoms with Gasteiger partial charge in [-0.2, -0.15) is 4.98 Å². The maximum Gasteiger partial charge on any atom is 0.588 e. The number of aryl methyl sites for hydroxylation is 1. The third-order valence-electron chi connectivity index (χ3n) is 1.22. The molecule has 0 spiro atoms. The Bertz CT molecular complexity index is 342. The highest BCUT2D eigenvalue weighted by Crippen LogP contribution is 2.47. The first-order valence-corrected chi connectivity index (χ1v) is 4.32. The van der Waals surface area contributed by atoms with Crippen molar-refractivity contribution in [2.75, 3.05) is 0 Å². The molecule has 60 valence electrons. The molecular weight excluding hydrogens is 171 g/mol. The van der Waals surface area contributed by atoms with Gasteiger partial charge in [0.25, 0.3) is 0 Å². The number of phosphoric ester groups is 1. The topological polar surface area (TPSA) is 73.6 Å². The number of rotatable bonds is 0. The fourth-order valence-corrected chi connectivity index (χ4v) is 1.53. The van der Waals surface area contributed by atoms with Gasteiger partial charge in [-0.1, -0.05) is 0 Å². The molecule has 0 saturated heterocycles. The van der Waals surface area contributed by atoms with Crippen molar-refractivity contribution in [3.63, 3.8) is 0 Å². The minimum atomic E-state index is -3.91. The van der Waals surface area contributed by atoms with Crippen LogP contribution in [-0.2, 0) is 11.6 Å². The van der Waals surface area contributed by atoms with E-state index in [9.17, 15) is 4.57 Å². The molecule has 0 aromatic carbocycles. The second kappa shape index (κ2) is 1.78. The highest BCUT2D eigenvalue weighted by atomic mass is 31.2. The standard InChI is InChI=1S/C4H5N2O4P/c1-6-2-3-5-4(6)10-11(7,8)9-3/h2H,1H3,(H,7,8). The smallest absolute Gasteiger partial charge is 0.375 e. The number of imidazole rings is 1. The fraction of sp³-hybridized carbons (Fsp3) is 0.250. The maximum atomic E-state index is 10.8. The monoisotopic (exact) mass is 176 g/mol. The molecule has 0 amide bonds. The van der Waals surface area contributed by atoms with Crippen molar-refractivity contribution < 1.29 is 18.5 Å². The zero-order chi connectivity index (χ0) is 8.06. The van der Waals surface area contributed by atoms with Crippen LogP contribution in [0.1, 0.15) is 0 Å². The lowest BCUT2D eigenvalue weighted by atomic mass is 10.8. The van der Waals surface area contributed by atoms with E-state index in [1.54, 1.807) is 7.05 Å². The zero-order valence-electron chi connectivity index (χ0n) is 5.59. The van der Waals surface area contributed by atoms with Crippen molar-refractivity contribution in [2.24, 2.45) is 7.05 Å². The molecule has 0 saturated carbocycles. The predicted molar refractivity (Wildman–Crippen MR) is 34.3 cm³/mol. The molecule has 0 aliphatic carbocycles. The summed E-state index contributed by atoms with van der Waals surface area (Å²) in [6.45, 7) is 0. The highest BCUT2D eigenvalue weighted by Gasteiger charge is 2.33. The Morgan fingerprint density at radius 1 is 1.73 bits per heavy atom. The molecule has 6 nitrogen and oxygen atoms in total. The van der Waals surface area contributed by atoms with Crippen LogP contribution >= 0.6 is 7.82 Å². The molecule has 1 unspecified atom stereocenters. The summed E-state index contributed by atoms with van der Waals surface area (Å²) < 4.78 is 21.2. The molecule has 1 N–H and O–H groups in total. The van der Waals surface area contributed by atoms with E-state index in [0.29, 0.717) is 0 Å². The number of phosphoric acid groups is 1. The summed E-state index contributed by atoms with van der Waals surface area (Å²) in [5, 5.41) is 0. The number of hydrogen-bond donors (Lipinski definition) is 1. The largest absolute Gasteiger partial charge is 0.588 e. The predicted octanol–water partition coefficient (Wildman–Crippen LogP) is 0.292. The molecule has 1 aromatic heterocycles. The summed E-state index contributed by atoms with van der Waals surface area (Å²) >= 11 is 0. The first-order valence-electron chi connectivity index (χ1n) is 2.82. The van der Waals surface area contributed by atoms with Crippen molar-refractivity contribution in [1.82, 2.24) is 9.55 Å².